The van der Waals surface area contributed by atoms with Crippen LogP contribution in [-0.2, 0) is 0 Å². The molecule has 2 nitrogen and oxygen atoms in total. The van der Waals surface area contributed by atoms with Crippen LogP contribution in [0.15, 0.2) is 18.3 Å². The van der Waals surface area contributed by atoms with Crippen molar-refractivity contribution in [2.24, 2.45) is 0 Å². The molecule has 0 saturated heterocycles. The van der Waals surface area contributed by atoms with Crippen LogP contribution in [-0.4, -0.2) is 18.1 Å². The molecule has 1 aromatic rings. The Morgan fingerprint density at radius 2 is 2.00 bits per heavy atom. The predicted octanol–water partition coefficient (Wildman–Crippen LogP) is 3.44. The Morgan fingerprint density at radius 3 is 2.40 bits per heavy atom. The van der Waals surface area contributed by atoms with Gasteiger partial charge in [0, 0.05) is 19.3 Å². The van der Waals surface area contributed by atoms with Gasteiger partial charge in [0.05, 0.1) is 0 Å². The van der Waals surface area contributed by atoms with Crippen LogP contribution < -0.4 is 4.90 Å². The zero-order valence-electron chi connectivity index (χ0n) is 10.3. The maximum Gasteiger partial charge on any atom is 0.128 e. The highest BCUT2D eigenvalue weighted by Gasteiger charge is 2.05. The third kappa shape index (κ3) is 3.22. The third-order valence-electron chi connectivity index (χ3n) is 2.64. The van der Waals surface area contributed by atoms with E-state index < -0.39 is 0 Å². The first kappa shape index (κ1) is 12.0. The lowest BCUT2D eigenvalue weighted by molar-refractivity contribution is 0.774. The van der Waals surface area contributed by atoms with Crippen molar-refractivity contribution < 1.29 is 0 Å². The first-order valence-corrected chi connectivity index (χ1v) is 5.89. The quantitative estimate of drug-likeness (QED) is 0.733. The number of hydrogen-bond donors (Lipinski definition) is 0. The summed E-state index contributed by atoms with van der Waals surface area (Å²) < 4.78 is 0. The van der Waals surface area contributed by atoms with Crippen molar-refractivity contribution in [3.05, 3.63) is 23.9 Å². The van der Waals surface area contributed by atoms with Gasteiger partial charge < -0.3 is 4.90 Å². The number of anilines is 1. The second-order valence-electron chi connectivity index (χ2n) is 4.18. The Hall–Kier alpha value is -1.05. The van der Waals surface area contributed by atoms with Crippen molar-refractivity contribution in [1.29, 1.82) is 0 Å². The first-order valence-electron chi connectivity index (χ1n) is 5.89. The Kier molecular flexibility index (Phi) is 4.60. The van der Waals surface area contributed by atoms with E-state index in [-0.39, 0.29) is 0 Å². The second-order valence-corrected chi connectivity index (χ2v) is 4.18. The van der Waals surface area contributed by atoms with Gasteiger partial charge in [0.2, 0.25) is 0 Å². The molecule has 1 heterocycles. The molecule has 0 N–H and O–H groups in total. The van der Waals surface area contributed by atoms with Crippen molar-refractivity contribution in [3.8, 4) is 0 Å². The molecule has 1 aromatic heterocycles. The minimum absolute atomic E-state index is 0.563. The highest BCUT2D eigenvalue weighted by Crippen LogP contribution is 2.17. The Morgan fingerprint density at radius 1 is 1.27 bits per heavy atom. The van der Waals surface area contributed by atoms with Gasteiger partial charge in [0.1, 0.15) is 5.82 Å². The minimum atomic E-state index is 0.563. The normalized spacial score (nSPS) is 10.7. The van der Waals surface area contributed by atoms with Crippen molar-refractivity contribution in [3.63, 3.8) is 0 Å². The third-order valence-corrected chi connectivity index (χ3v) is 2.64. The van der Waals surface area contributed by atoms with Crippen molar-refractivity contribution in [1.82, 2.24) is 4.98 Å². The molecule has 0 saturated carbocycles. The lowest BCUT2D eigenvalue weighted by Crippen LogP contribution is -2.24. The zero-order chi connectivity index (χ0) is 11.3. The lowest BCUT2D eigenvalue weighted by Gasteiger charge is -2.21. The monoisotopic (exact) mass is 206 g/mol. The molecular weight excluding hydrogens is 184 g/mol. The Labute approximate surface area is 93.3 Å². The minimum Gasteiger partial charge on any atom is -0.357 e. The van der Waals surface area contributed by atoms with Gasteiger partial charge in [-0.3, -0.25) is 0 Å². The fraction of sp³-hybridized carbons (Fsp3) is 0.615. The summed E-state index contributed by atoms with van der Waals surface area (Å²) >= 11 is 0. The van der Waals surface area contributed by atoms with E-state index in [9.17, 15) is 0 Å². The molecule has 0 fully saturated rings. The van der Waals surface area contributed by atoms with E-state index >= 15 is 0 Å². The largest absolute Gasteiger partial charge is 0.357 e. The zero-order valence-corrected chi connectivity index (χ0v) is 10.3. The summed E-state index contributed by atoms with van der Waals surface area (Å²) in [6, 6.07) is 4.32. The topological polar surface area (TPSA) is 16.1 Å². The maximum atomic E-state index is 4.52. The summed E-state index contributed by atoms with van der Waals surface area (Å²) in [5, 5.41) is 0. The number of nitrogens with zero attached hydrogens (tertiary/aromatic N) is 2. The maximum absolute atomic E-state index is 4.52. The Balaban J connectivity index is 2.77. The molecule has 0 aliphatic carbocycles. The number of pyridine rings is 1. The summed E-state index contributed by atoms with van der Waals surface area (Å²) in [6.07, 6.45) is 3.17. The molecule has 84 valence electrons. The molecule has 0 bridgehead atoms. The molecule has 0 aliphatic heterocycles. The van der Waals surface area contributed by atoms with Crippen LogP contribution in [0.25, 0.3) is 0 Å². The van der Waals surface area contributed by atoms with E-state index in [2.05, 4.69) is 49.7 Å². The van der Waals surface area contributed by atoms with E-state index in [4.69, 9.17) is 0 Å². The van der Waals surface area contributed by atoms with Crippen molar-refractivity contribution in [2.75, 3.05) is 18.0 Å². The van der Waals surface area contributed by atoms with E-state index in [1.807, 2.05) is 6.20 Å². The summed E-state index contributed by atoms with van der Waals surface area (Å²) in [5.41, 5.74) is 1.31. The van der Waals surface area contributed by atoms with Crippen LogP contribution in [0.3, 0.4) is 0 Å². The molecule has 0 spiro atoms. The van der Waals surface area contributed by atoms with Crippen LogP contribution in [0, 0.1) is 0 Å². The number of rotatable bonds is 5. The first-order chi connectivity index (χ1) is 7.19. The van der Waals surface area contributed by atoms with Crippen molar-refractivity contribution >= 4 is 5.82 Å². The summed E-state index contributed by atoms with van der Waals surface area (Å²) in [6.45, 7) is 10.9. The van der Waals surface area contributed by atoms with Crippen LogP contribution in [0.2, 0.25) is 0 Å². The summed E-state index contributed by atoms with van der Waals surface area (Å²) in [7, 11) is 0. The molecule has 0 aromatic carbocycles. The van der Waals surface area contributed by atoms with Crippen LogP contribution in [0.1, 0.15) is 45.6 Å². The smallest absolute Gasteiger partial charge is 0.128 e. The van der Waals surface area contributed by atoms with Gasteiger partial charge in [-0.25, -0.2) is 4.98 Å². The summed E-state index contributed by atoms with van der Waals surface area (Å²) in [5.74, 6) is 1.66. The van der Waals surface area contributed by atoms with Crippen LogP contribution in [0.5, 0.6) is 0 Å². The molecule has 15 heavy (non-hydrogen) atoms. The average Bonchev–Trinajstić information content (AvgIpc) is 2.26. The molecule has 2 heteroatoms. The molecular formula is C13H22N2. The second kappa shape index (κ2) is 5.74. The standard InChI is InChI=1S/C13H22N2/c1-5-9-15(6-2)13-8-7-12(10-14-13)11(3)4/h7-8,10-11H,5-6,9H2,1-4H3. The molecule has 1 rings (SSSR count). The SMILES string of the molecule is CCCN(CC)c1ccc(C(C)C)cn1. The molecule has 0 radical (unpaired) electrons. The molecule has 0 aliphatic rings. The van der Waals surface area contributed by atoms with Gasteiger partial charge in [-0.1, -0.05) is 26.8 Å². The van der Waals surface area contributed by atoms with E-state index in [0.717, 1.165) is 18.9 Å². The Bertz CT molecular complexity index is 277. The molecule has 0 atom stereocenters. The van der Waals surface area contributed by atoms with E-state index in [0.29, 0.717) is 5.92 Å². The number of hydrogen-bond acceptors (Lipinski definition) is 2. The molecule has 0 unspecified atom stereocenters. The van der Waals surface area contributed by atoms with Gasteiger partial charge >= 0.3 is 0 Å². The van der Waals surface area contributed by atoms with Crippen LogP contribution >= 0.6 is 0 Å². The molecule has 0 amide bonds. The lowest BCUT2D eigenvalue weighted by atomic mass is 10.1. The van der Waals surface area contributed by atoms with E-state index in [1.54, 1.807) is 0 Å². The summed E-state index contributed by atoms with van der Waals surface area (Å²) in [4.78, 5) is 6.83. The van der Waals surface area contributed by atoms with Crippen molar-refractivity contribution in [2.45, 2.75) is 40.0 Å². The van der Waals surface area contributed by atoms with Gasteiger partial charge in [0.25, 0.3) is 0 Å². The van der Waals surface area contributed by atoms with E-state index in [1.165, 1.54) is 12.0 Å². The highest BCUT2D eigenvalue weighted by atomic mass is 15.2. The predicted molar refractivity (Wildman–Crippen MR) is 66.5 cm³/mol. The number of aromatic nitrogens is 1. The van der Waals surface area contributed by atoms with Gasteiger partial charge in [-0.2, -0.15) is 0 Å². The van der Waals surface area contributed by atoms with Crippen LogP contribution in [0.4, 0.5) is 5.82 Å². The fourth-order valence-electron chi connectivity index (χ4n) is 1.63. The van der Waals surface area contributed by atoms with Gasteiger partial charge in [0.15, 0.2) is 0 Å². The van der Waals surface area contributed by atoms with Gasteiger partial charge in [-0.15, -0.1) is 0 Å². The highest BCUT2D eigenvalue weighted by molar-refractivity contribution is 5.39. The average molecular weight is 206 g/mol. The van der Waals surface area contributed by atoms with Gasteiger partial charge in [-0.05, 0) is 30.9 Å². The fourth-order valence-corrected chi connectivity index (χ4v) is 1.63.